The highest BCUT2D eigenvalue weighted by Gasteiger charge is 2.20. The second-order valence-corrected chi connectivity index (χ2v) is 4.72. The molecule has 1 aliphatic heterocycles. The summed E-state index contributed by atoms with van der Waals surface area (Å²) in [5, 5.41) is 9.04. The lowest BCUT2D eigenvalue weighted by Crippen LogP contribution is -2.17. The zero-order chi connectivity index (χ0) is 14.3. The number of aromatic nitrogens is 2. The topological polar surface area (TPSA) is 99.6 Å². The van der Waals surface area contributed by atoms with Crippen LogP contribution in [0.25, 0.3) is 11.0 Å². The zero-order valence-corrected chi connectivity index (χ0v) is 11.0. The Labute approximate surface area is 114 Å². The molecule has 1 atom stereocenters. The van der Waals surface area contributed by atoms with Crippen LogP contribution >= 0.6 is 0 Å². The maximum atomic E-state index is 11.0. The van der Waals surface area contributed by atoms with Crippen LogP contribution in [0.5, 0.6) is 11.5 Å². The van der Waals surface area contributed by atoms with E-state index in [-0.39, 0.29) is 12.6 Å². The third-order valence-electron chi connectivity index (χ3n) is 3.14. The summed E-state index contributed by atoms with van der Waals surface area (Å²) in [5.74, 6) is 0.817. The fourth-order valence-electron chi connectivity index (χ4n) is 2.33. The van der Waals surface area contributed by atoms with Gasteiger partial charge in [0.2, 0.25) is 0 Å². The number of hydrogen-bond donors (Lipinski definition) is 2. The van der Waals surface area contributed by atoms with E-state index in [1.807, 2.05) is 0 Å². The van der Waals surface area contributed by atoms with Crippen molar-refractivity contribution in [2.24, 2.45) is 5.73 Å². The lowest BCUT2D eigenvalue weighted by atomic mass is 10.2. The Bertz CT molecular complexity index is 678. The predicted molar refractivity (Wildman–Crippen MR) is 71.0 cm³/mol. The van der Waals surface area contributed by atoms with Crippen LogP contribution < -0.4 is 15.2 Å². The first kappa shape index (κ1) is 12.7. The Morgan fingerprint density at radius 2 is 2.10 bits per heavy atom. The summed E-state index contributed by atoms with van der Waals surface area (Å²) in [5.41, 5.74) is 7.21. The molecule has 0 aliphatic carbocycles. The Morgan fingerprint density at radius 3 is 2.70 bits per heavy atom. The lowest BCUT2D eigenvalue weighted by molar-refractivity contribution is -0.137. The van der Waals surface area contributed by atoms with Crippen molar-refractivity contribution >= 4 is 17.0 Å². The van der Waals surface area contributed by atoms with E-state index >= 15 is 0 Å². The van der Waals surface area contributed by atoms with Gasteiger partial charge in [-0.2, -0.15) is 0 Å². The van der Waals surface area contributed by atoms with E-state index in [0.29, 0.717) is 41.6 Å². The average Bonchev–Trinajstić information content (AvgIpc) is 2.74. The molecule has 7 nitrogen and oxygen atoms in total. The van der Waals surface area contributed by atoms with Gasteiger partial charge in [-0.05, 0) is 6.92 Å². The minimum Gasteiger partial charge on any atom is -0.486 e. The first-order valence-corrected chi connectivity index (χ1v) is 6.33. The van der Waals surface area contributed by atoms with Gasteiger partial charge in [-0.25, -0.2) is 4.98 Å². The molecule has 3 N–H and O–H groups in total. The van der Waals surface area contributed by atoms with E-state index in [1.54, 1.807) is 23.6 Å². The molecule has 0 fully saturated rings. The second-order valence-electron chi connectivity index (χ2n) is 4.72. The summed E-state index contributed by atoms with van der Waals surface area (Å²) in [6.07, 6.45) is 0. The molecule has 20 heavy (non-hydrogen) atoms. The third kappa shape index (κ3) is 2.05. The Balaban J connectivity index is 2.21. The molecule has 106 valence electrons. The van der Waals surface area contributed by atoms with Crippen molar-refractivity contribution in [1.29, 1.82) is 0 Å². The van der Waals surface area contributed by atoms with Crippen LogP contribution in [-0.4, -0.2) is 33.8 Å². The average molecular weight is 277 g/mol. The molecule has 0 spiro atoms. The number of imidazole rings is 1. The molecule has 7 heteroatoms. The van der Waals surface area contributed by atoms with E-state index < -0.39 is 5.97 Å². The molecule has 0 saturated heterocycles. The molecule has 1 aromatic carbocycles. The van der Waals surface area contributed by atoms with Crippen LogP contribution in [0.3, 0.4) is 0 Å². The minimum absolute atomic E-state index is 0.187. The van der Waals surface area contributed by atoms with Gasteiger partial charge in [0, 0.05) is 12.1 Å². The molecule has 0 amide bonds. The Morgan fingerprint density at radius 1 is 1.45 bits per heavy atom. The number of nitrogens with zero attached hydrogens (tertiary/aromatic N) is 2. The van der Waals surface area contributed by atoms with Gasteiger partial charge in [-0.3, -0.25) is 4.79 Å². The van der Waals surface area contributed by atoms with Gasteiger partial charge in [-0.1, -0.05) is 0 Å². The van der Waals surface area contributed by atoms with Crippen LogP contribution in [0.4, 0.5) is 0 Å². The number of ether oxygens (including phenoxy) is 2. The largest absolute Gasteiger partial charge is 0.486 e. The fourth-order valence-corrected chi connectivity index (χ4v) is 2.33. The molecular formula is C13H15N3O4. The van der Waals surface area contributed by atoms with Crippen molar-refractivity contribution in [3.63, 3.8) is 0 Å². The van der Waals surface area contributed by atoms with Gasteiger partial charge < -0.3 is 24.9 Å². The molecule has 1 aromatic heterocycles. The summed E-state index contributed by atoms with van der Waals surface area (Å²) in [4.78, 5) is 15.4. The van der Waals surface area contributed by atoms with Gasteiger partial charge in [-0.15, -0.1) is 0 Å². The van der Waals surface area contributed by atoms with Crippen LogP contribution in [-0.2, 0) is 11.3 Å². The zero-order valence-electron chi connectivity index (χ0n) is 11.0. The summed E-state index contributed by atoms with van der Waals surface area (Å²) in [6.45, 7) is 2.56. The SMILES string of the molecule is CC(N)c1nc2cc3c(cc2n1CC(=O)O)OCCO3. The standard InChI is InChI=1S/C13H15N3O4/c1-7(14)13-15-8-4-10-11(20-3-2-19-10)5-9(8)16(13)6-12(17)18/h4-5,7H,2-3,6,14H2,1H3,(H,17,18). The number of hydrogen-bond acceptors (Lipinski definition) is 5. The first-order valence-electron chi connectivity index (χ1n) is 6.33. The number of rotatable bonds is 3. The monoisotopic (exact) mass is 277 g/mol. The van der Waals surface area contributed by atoms with E-state index in [0.717, 1.165) is 0 Å². The number of fused-ring (bicyclic) bond motifs is 2. The molecular weight excluding hydrogens is 262 g/mol. The second kappa shape index (κ2) is 4.68. The van der Waals surface area contributed by atoms with Gasteiger partial charge in [0.15, 0.2) is 11.5 Å². The van der Waals surface area contributed by atoms with Crippen LogP contribution in [0, 0.1) is 0 Å². The molecule has 3 rings (SSSR count). The molecule has 2 heterocycles. The molecule has 0 saturated carbocycles. The number of benzene rings is 1. The van der Waals surface area contributed by atoms with Crippen molar-refractivity contribution in [1.82, 2.24) is 9.55 Å². The lowest BCUT2D eigenvalue weighted by Gasteiger charge is -2.18. The van der Waals surface area contributed by atoms with Crippen molar-refractivity contribution in [3.8, 4) is 11.5 Å². The van der Waals surface area contributed by atoms with Gasteiger partial charge in [0.05, 0.1) is 17.1 Å². The van der Waals surface area contributed by atoms with Gasteiger partial charge >= 0.3 is 5.97 Å². The number of carbonyl (C=O) groups is 1. The van der Waals surface area contributed by atoms with Gasteiger partial charge in [0.1, 0.15) is 25.6 Å². The molecule has 0 radical (unpaired) electrons. The highest BCUT2D eigenvalue weighted by atomic mass is 16.6. The normalized spacial score (nSPS) is 15.3. The fraction of sp³-hybridized carbons (Fsp3) is 0.385. The van der Waals surface area contributed by atoms with E-state index in [9.17, 15) is 4.79 Å². The van der Waals surface area contributed by atoms with E-state index in [4.69, 9.17) is 20.3 Å². The molecule has 1 unspecified atom stereocenters. The number of aliphatic carboxylic acids is 1. The molecule has 0 bridgehead atoms. The van der Waals surface area contributed by atoms with Crippen LogP contribution in [0.1, 0.15) is 18.8 Å². The maximum absolute atomic E-state index is 11.0. The maximum Gasteiger partial charge on any atom is 0.323 e. The highest BCUT2D eigenvalue weighted by molar-refractivity contribution is 5.82. The number of carboxylic acids is 1. The summed E-state index contributed by atoms with van der Waals surface area (Å²) in [6, 6.07) is 3.15. The van der Waals surface area contributed by atoms with E-state index in [1.165, 1.54) is 0 Å². The van der Waals surface area contributed by atoms with Crippen LogP contribution in [0.15, 0.2) is 12.1 Å². The third-order valence-corrected chi connectivity index (χ3v) is 3.14. The van der Waals surface area contributed by atoms with Gasteiger partial charge in [0.25, 0.3) is 0 Å². The predicted octanol–water partition coefficient (Wildman–Crippen LogP) is 0.912. The van der Waals surface area contributed by atoms with Crippen molar-refractivity contribution in [2.75, 3.05) is 13.2 Å². The van der Waals surface area contributed by atoms with Crippen molar-refractivity contribution < 1.29 is 19.4 Å². The van der Waals surface area contributed by atoms with E-state index in [2.05, 4.69) is 4.98 Å². The minimum atomic E-state index is -0.943. The Kier molecular flexibility index (Phi) is 2.98. The number of nitrogens with two attached hydrogens (primary N) is 1. The summed E-state index contributed by atoms with van der Waals surface area (Å²) < 4.78 is 12.6. The quantitative estimate of drug-likeness (QED) is 0.865. The highest BCUT2D eigenvalue weighted by Crippen LogP contribution is 2.35. The molecule has 2 aromatic rings. The first-order chi connectivity index (χ1) is 9.56. The molecule has 1 aliphatic rings. The van der Waals surface area contributed by atoms with Crippen LogP contribution in [0.2, 0.25) is 0 Å². The summed E-state index contributed by atoms with van der Waals surface area (Å²) >= 11 is 0. The van der Waals surface area contributed by atoms with Crippen molar-refractivity contribution in [3.05, 3.63) is 18.0 Å². The number of carboxylic acid groups (broad SMARTS) is 1. The Hall–Kier alpha value is -2.28. The van der Waals surface area contributed by atoms with Crippen molar-refractivity contribution in [2.45, 2.75) is 19.5 Å². The smallest absolute Gasteiger partial charge is 0.323 e. The summed E-state index contributed by atoms with van der Waals surface area (Å²) in [7, 11) is 0.